The lowest BCUT2D eigenvalue weighted by Crippen LogP contribution is -2.48. The van der Waals surface area contributed by atoms with Crippen LogP contribution < -0.4 is 5.32 Å². The van der Waals surface area contributed by atoms with Gasteiger partial charge in [-0.05, 0) is 6.92 Å². The Bertz CT molecular complexity index is 390. The molecule has 0 aromatic rings. The van der Waals surface area contributed by atoms with Crippen LogP contribution in [-0.4, -0.2) is 57.5 Å². The molecule has 0 bridgehead atoms. The van der Waals surface area contributed by atoms with E-state index in [0.29, 0.717) is 0 Å². The molecule has 19 heavy (non-hydrogen) atoms. The lowest BCUT2D eigenvalue weighted by atomic mass is 10.2. The van der Waals surface area contributed by atoms with E-state index in [1.807, 2.05) is 0 Å². The van der Waals surface area contributed by atoms with Gasteiger partial charge in [0.2, 0.25) is 17.7 Å². The molecule has 3 amide bonds. The van der Waals surface area contributed by atoms with Gasteiger partial charge in [0.1, 0.15) is 0 Å². The van der Waals surface area contributed by atoms with E-state index in [1.54, 1.807) is 0 Å². The zero-order valence-electron chi connectivity index (χ0n) is 10.5. The second-order valence-corrected chi connectivity index (χ2v) is 4.31. The van der Waals surface area contributed by atoms with E-state index in [9.17, 15) is 24.3 Å². The van der Waals surface area contributed by atoms with Crippen LogP contribution in [-0.2, 0) is 19.2 Å². The zero-order chi connectivity index (χ0) is 14.6. The van der Waals surface area contributed by atoms with E-state index in [2.05, 4.69) is 5.32 Å². The van der Waals surface area contributed by atoms with E-state index >= 15 is 0 Å². The Morgan fingerprint density at radius 2 is 1.84 bits per heavy atom. The van der Waals surface area contributed by atoms with E-state index in [4.69, 9.17) is 5.11 Å². The Kier molecular flexibility index (Phi) is 4.99. The zero-order valence-corrected chi connectivity index (χ0v) is 10.5. The van der Waals surface area contributed by atoms with E-state index in [0.717, 1.165) is 4.90 Å². The largest absolute Gasteiger partial charge is 0.480 e. The Hall–Kier alpha value is -1.96. The van der Waals surface area contributed by atoms with Crippen LogP contribution >= 0.6 is 0 Å². The maximum absolute atomic E-state index is 11.5. The van der Waals surface area contributed by atoms with Crippen LogP contribution in [0.1, 0.15) is 26.2 Å². The number of hydrogen-bond acceptors (Lipinski definition) is 5. The van der Waals surface area contributed by atoms with Crippen LogP contribution in [0.4, 0.5) is 0 Å². The van der Waals surface area contributed by atoms with Crippen molar-refractivity contribution in [2.75, 3.05) is 6.54 Å². The molecule has 1 heterocycles. The number of aliphatic carboxylic acids is 1. The van der Waals surface area contributed by atoms with Gasteiger partial charge in [0.15, 0.2) is 6.04 Å². The van der Waals surface area contributed by atoms with Gasteiger partial charge in [-0.25, -0.2) is 4.79 Å². The van der Waals surface area contributed by atoms with E-state index in [1.165, 1.54) is 6.92 Å². The van der Waals surface area contributed by atoms with Crippen molar-refractivity contribution in [1.29, 1.82) is 0 Å². The summed E-state index contributed by atoms with van der Waals surface area (Å²) in [5, 5.41) is 20.1. The highest BCUT2D eigenvalue weighted by atomic mass is 16.4. The summed E-state index contributed by atoms with van der Waals surface area (Å²) in [6, 6.07) is -1.41. The first-order valence-electron chi connectivity index (χ1n) is 5.86. The van der Waals surface area contributed by atoms with Crippen molar-refractivity contribution in [3.63, 3.8) is 0 Å². The van der Waals surface area contributed by atoms with Crippen molar-refractivity contribution in [3.8, 4) is 0 Å². The molecule has 0 spiro atoms. The fourth-order valence-electron chi connectivity index (χ4n) is 1.72. The third-order valence-electron chi connectivity index (χ3n) is 2.78. The second kappa shape index (κ2) is 6.28. The predicted molar refractivity (Wildman–Crippen MR) is 61.8 cm³/mol. The summed E-state index contributed by atoms with van der Waals surface area (Å²) in [4.78, 5) is 45.8. The number of hydrogen-bond donors (Lipinski definition) is 3. The molecule has 1 aliphatic rings. The standard InChI is InChI=1S/C11H16N2O6/c1-6(14)10(11(18)19)12-7(15)4-5-13-8(16)2-3-9(13)17/h6,10,14H,2-5H2,1H3,(H,12,15)(H,18,19). The van der Waals surface area contributed by atoms with Crippen molar-refractivity contribution in [1.82, 2.24) is 10.2 Å². The number of carboxylic acid groups (broad SMARTS) is 1. The number of carboxylic acids is 1. The average Bonchev–Trinajstić information content (AvgIpc) is 2.62. The summed E-state index contributed by atoms with van der Waals surface area (Å²) in [7, 11) is 0. The van der Waals surface area contributed by atoms with Crippen molar-refractivity contribution in [2.45, 2.75) is 38.3 Å². The Morgan fingerprint density at radius 1 is 1.32 bits per heavy atom. The minimum atomic E-state index is -1.41. The Balaban J connectivity index is 2.45. The summed E-state index contributed by atoms with van der Waals surface area (Å²) < 4.78 is 0. The molecular weight excluding hydrogens is 256 g/mol. The van der Waals surface area contributed by atoms with Gasteiger partial charge in [-0.2, -0.15) is 0 Å². The van der Waals surface area contributed by atoms with Gasteiger partial charge in [0.25, 0.3) is 0 Å². The number of carbonyl (C=O) groups is 4. The Morgan fingerprint density at radius 3 is 2.26 bits per heavy atom. The summed E-state index contributed by atoms with van der Waals surface area (Å²) in [5.74, 6) is -2.65. The summed E-state index contributed by atoms with van der Waals surface area (Å²) in [5.41, 5.74) is 0. The molecule has 0 radical (unpaired) electrons. The molecule has 1 rings (SSSR count). The first-order chi connectivity index (χ1) is 8.82. The number of amides is 3. The van der Waals surface area contributed by atoms with Gasteiger partial charge in [0, 0.05) is 25.8 Å². The van der Waals surface area contributed by atoms with Crippen molar-refractivity contribution < 1.29 is 29.4 Å². The molecule has 0 aromatic heterocycles. The molecule has 8 nitrogen and oxygen atoms in total. The molecule has 106 valence electrons. The molecule has 0 aromatic carbocycles. The highest BCUT2D eigenvalue weighted by Crippen LogP contribution is 2.11. The summed E-state index contributed by atoms with van der Waals surface area (Å²) in [6.45, 7) is 1.17. The van der Waals surface area contributed by atoms with E-state index < -0.39 is 24.0 Å². The van der Waals surface area contributed by atoms with Gasteiger partial charge in [-0.3, -0.25) is 19.3 Å². The SMILES string of the molecule is CC(O)C(NC(=O)CCN1C(=O)CCC1=O)C(=O)O. The minimum Gasteiger partial charge on any atom is -0.480 e. The number of nitrogens with zero attached hydrogens (tertiary/aromatic N) is 1. The number of carbonyl (C=O) groups excluding carboxylic acids is 3. The van der Waals surface area contributed by atoms with Crippen molar-refractivity contribution >= 4 is 23.7 Å². The van der Waals surface area contributed by atoms with Crippen LogP contribution in [0, 0.1) is 0 Å². The number of nitrogens with one attached hydrogen (secondary N) is 1. The van der Waals surface area contributed by atoms with E-state index in [-0.39, 0.29) is 37.6 Å². The fourth-order valence-corrected chi connectivity index (χ4v) is 1.72. The van der Waals surface area contributed by atoms with Gasteiger partial charge in [-0.15, -0.1) is 0 Å². The molecule has 3 N–H and O–H groups in total. The molecule has 0 saturated carbocycles. The minimum absolute atomic E-state index is 0.0738. The molecule has 2 unspecified atom stereocenters. The quantitative estimate of drug-likeness (QED) is 0.504. The van der Waals surface area contributed by atoms with Crippen LogP contribution in [0.5, 0.6) is 0 Å². The smallest absolute Gasteiger partial charge is 0.328 e. The number of imide groups is 1. The third-order valence-corrected chi connectivity index (χ3v) is 2.78. The number of aliphatic hydroxyl groups excluding tert-OH is 1. The van der Waals surface area contributed by atoms with Crippen LogP contribution in [0.25, 0.3) is 0 Å². The third kappa shape index (κ3) is 4.02. The van der Waals surface area contributed by atoms with Crippen LogP contribution in [0.2, 0.25) is 0 Å². The van der Waals surface area contributed by atoms with Crippen molar-refractivity contribution in [2.24, 2.45) is 0 Å². The van der Waals surface area contributed by atoms with Crippen molar-refractivity contribution in [3.05, 3.63) is 0 Å². The van der Waals surface area contributed by atoms with Gasteiger partial charge < -0.3 is 15.5 Å². The maximum Gasteiger partial charge on any atom is 0.328 e. The topological polar surface area (TPSA) is 124 Å². The first-order valence-corrected chi connectivity index (χ1v) is 5.86. The lowest BCUT2D eigenvalue weighted by Gasteiger charge is -2.18. The van der Waals surface area contributed by atoms with Crippen LogP contribution in [0.15, 0.2) is 0 Å². The second-order valence-electron chi connectivity index (χ2n) is 4.31. The van der Waals surface area contributed by atoms with Gasteiger partial charge >= 0.3 is 5.97 Å². The first kappa shape index (κ1) is 15.1. The molecule has 1 fully saturated rings. The van der Waals surface area contributed by atoms with Gasteiger partial charge in [0.05, 0.1) is 6.10 Å². The number of likely N-dealkylation sites (tertiary alicyclic amines) is 1. The fraction of sp³-hybridized carbons (Fsp3) is 0.636. The predicted octanol–water partition coefficient (Wildman–Crippen LogP) is -1.52. The molecule has 8 heteroatoms. The highest BCUT2D eigenvalue weighted by molar-refractivity contribution is 6.02. The van der Waals surface area contributed by atoms with Gasteiger partial charge in [-0.1, -0.05) is 0 Å². The molecule has 1 aliphatic heterocycles. The normalized spacial score (nSPS) is 18.3. The summed E-state index contributed by atoms with van der Waals surface area (Å²) in [6.07, 6.45) is -1.14. The molecule has 2 atom stereocenters. The van der Waals surface area contributed by atoms with Crippen LogP contribution in [0.3, 0.4) is 0 Å². The monoisotopic (exact) mass is 272 g/mol. The molecule has 0 aliphatic carbocycles. The average molecular weight is 272 g/mol. The molecule has 1 saturated heterocycles. The maximum atomic E-state index is 11.5. The number of aliphatic hydroxyl groups is 1. The summed E-state index contributed by atoms with van der Waals surface area (Å²) >= 11 is 0. The molecular formula is C11H16N2O6. The Labute approximate surface area is 109 Å². The highest BCUT2D eigenvalue weighted by Gasteiger charge is 2.30. The number of rotatable bonds is 6. The lowest BCUT2D eigenvalue weighted by molar-refractivity contribution is -0.145.